The van der Waals surface area contributed by atoms with Crippen molar-refractivity contribution in [3.05, 3.63) is 38.3 Å². The van der Waals surface area contributed by atoms with E-state index in [1.54, 1.807) is 6.08 Å². The first kappa shape index (κ1) is 10.7. The molecular formula is C10H6INO2S. The van der Waals surface area contributed by atoms with Crippen LogP contribution in [0.25, 0.3) is 6.08 Å². The van der Waals surface area contributed by atoms with Gasteiger partial charge in [0.15, 0.2) is 0 Å². The number of halogens is 1. The Morgan fingerprint density at radius 1 is 1.27 bits per heavy atom. The molecule has 76 valence electrons. The van der Waals surface area contributed by atoms with Gasteiger partial charge in [0.25, 0.3) is 11.1 Å². The maximum Gasteiger partial charge on any atom is 0.290 e. The molecule has 1 aliphatic rings. The van der Waals surface area contributed by atoms with Gasteiger partial charge in [0.2, 0.25) is 0 Å². The Morgan fingerprint density at radius 3 is 2.60 bits per heavy atom. The number of carbonyl (C=O) groups is 2. The molecule has 2 rings (SSSR count). The van der Waals surface area contributed by atoms with Crippen molar-refractivity contribution in [1.82, 2.24) is 5.32 Å². The van der Waals surface area contributed by atoms with E-state index < -0.39 is 0 Å². The summed E-state index contributed by atoms with van der Waals surface area (Å²) in [5.74, 6) is -0.315. The van der Waals surface area contributed by atoms with E-state index in [9.17, 15) is 9.59 Å². The first-order valence-electron chi connectivity index (χ1n) is 4.16. The van der Waals surface area contributed by atoms with Crippen LogP contribution in [-0.2, 0) is 4.79 Å². The van der Waals surface area contributed by atoms with Crippen molar-refractivity contribution in [3.63, 3.8) is 0 Å². The molecule has 1 N–H and O–H groups in total. The van der Waals surface area contributed by atoms with Gasteiger partial charge in [-0.1, -0.05) is 18.2 Å². The molecule has 0 spiro atoms. The third-order valence-electron chi connectivity index (χ3n) is 1.83. The highest BCUT2D eigenvalue weighted by Gasteiger charge is 2.24. The first-order valence-corrected chi connectivity index (χ1v) is 6.06. The summed E-state index contributed by atoms with van der Waals surface area (Å²) >= 11 is 3.12. The van der Waals surface area contributed by atoms with E-state index in [0.717, 1.165) is 20.9 Å². The van der Waals surface area contributed by atoms with Gasteiger partial charge < -0.3 is 0 Å². The fraction of sp³-hybridized carbons (Fsp3) is 0. The van der Waals surface area contributed by atoms with Crippen LogP contribution < -0.4 is 5.32 Å². The second-order valence-electron chi connectivity index (χ2n) is 2.87. The fourth-order valence-corrected chi connectivity index (χ4v) is 2.37. The van der Waals surface area contributed by atoms with E-state index >= 15 is 0 Å². The molecule has 0 aliphatic carbocycles. The number of carbonyl (C=O) groups excluding carboxylic acids is 2. The number of hydrogen-bond acceptors (Lipinski definition) is 3. The molecule has 3 nitrogen and oxygen atoms in total. The summed E-state index contributed by atoms with van der Waals surface area (Å²) < 4.78 is 1.05. The van der Waals surface area contributed by atoms with Gasteiger partial charge in [0.1, 0.15) is 0 Å². The Hall–Kier alpha value is -0.820. The fourth-order valence-electron chi connectivity index (χ4n) is 1.15. The largest absolute Gasteiger partial charge is 0.290 e. The maximum atomic E-state index is 11.3. The number of rotatable bonds is 1. The molecule has 5 heteroatoms. The molecule has 1 aromatic rings. The molecule has 15 heavy (non-hydrogen) atoms. The van der Waals surface area contributed by atoms with Crippen molar-refractivity contribution in [2.75, 3.05) is 0 Å². The lowest BCUT2D eigenvalue weighted by Crippen LogP contribution is -2.17. The van der Waals surface area contributed by atoms with Crippen molar-refractivity contribution in [2.24, 2.45) is 0 Å². The topological polar surface area (TPSA) is 46.2 Å². The highest BCUT2D eigenvalue weighted by atomic mass is 127. The molecule has 1 heterocycles. The summed E-state index contributed by atoms with van der Waals surface area (Å²) in [5, 5.41) is 1.91. The summed E-state index contributed by atoms with van der Waals surface area (Å²) in [4.78, 5) is 22.7. The van der Waals surface area contributed by atoms with Gasteiger partial charge in [0.05, 0.1) is 4.91 Å². The summed E-state index contributed by atoms with van der Waals surface area (Å²) in [5.41, 5.74) is 0.949. The number of amides is 2. The Labute approximate surface area is 104 Å². The van der Waals surface area contributed by atoms with Crippen molar-refractivity contribution in [1.29, 1.82) is 0 Å². The molecule has 0 unspecified atom stereocenters. The molecule has 0 bridgehead atoms. The first-order chi connectivity index (χ1) is 7.16. The van der Waals surface area contributed by atoms with E-state index in [4.69, 9.17) is 0 Å². The standard InChI is InChI=1S/C10H6INO2S/c11-7-4-2-1-3-6(7)5-8-9(13)12-10(14)15-8/h1-5H,(H,12,13,14). The molecule has 0 aromatic heterocycles. The minimum absolute atomic E-state index is 0.308. The van der Waals surface area contributed by atoms with E-state index in [-0.39, 0.29) is 11.1 Å². The van der Waals surface area contributed by atoms with Gasteiger partial charge >= 0.3 is 0 Å². The Kier molecular flexibility index (Phi) is 3.11. The van der Waals surface area contributed by atoms with Crippen LogP contribution in [0, 0.1) is 3.57 Å². The summed E-state index contributed by atoms with van der Waals surface area (Å²) in [6.45, 7) is 0. The molecule has 1 saturated heterocycles. The highest BCUT2D eigenvalue weighted by Crippen LogP contribution is 2.26. The van der Waals surface area contributed by atoms with Gasteiger partial charge in [-0.15, -0.1) is 0 Å². The molecular weight excluding hydrogens is 325 g/mol. The van der Waals surface area contributed by atoms with Crippen LogP contribution in [-0.4, -0.2) is 11.1 Å². The zero-order valence-corrected chi connectivity index (χ0v) is 10.5. The van der Waals surface area contributed by atoms with Crippen LogP contribution in [0.3, 0.4) is 0 Å². The van der Waals surface area contributed by atoms with E-state index in [2.05, 4.69) is 27.9 Å². The predicted octanol–water partition coefficient (Wildman–Crippen LogP) is 2.62. The van der Waals surface area contributed by atoms with Crippen molar-refractivity contribution >= 4 is 51.6 Å². The maximum absolute atomic E-state index is 11.3. The van der Waals surface area contributed by atoms with Crippen LogP contribution >= 0.6 is 34.4 Å². The zero-order valence-electron chi connectivity index (χ0n) is 7.49. The number of benzene rings is 1. The van der Waals surface area contributed by atoms with Crippen molar-refractivity contribution in [3.8, 4) is 0 Å². The normalized spacial score (nSPS) is 18.3. The average Bonchev–Trinajstić information content (AvgIpc) is 2.49. The summed E-state index contributed by atoms with van der Waals surface area (Å²) in [6, 6.07) is 7.68. The second-order valence-corrected chi connectivity index (χ2v) is 5.05. The lowest BCUT2D eigenvalue weighted by atomic mass is 10.2. The molecule has 0 atom stereocenters. The average molecular weight is 331 g/mol. The number of nitrogens with one attached hydrogen (secondary N) is 1. The zero-order chi connectivity index (χ0) is 10.8. The molecule has 0 radical (unpaired) electrons. The molecule has 2 amide bonds. The third kappa shape index (κ3) is 2.40. The number of thioether (sulfide) groups is 1. The smallest absolute Gasteiger partial charge is 0.282 e. The van der Waals surface area contributed by atoms with Gasteiger partial charge in [-0.05, 0) is 52.1 Å². The molecule has 1 fully saturated rings. The van der Waals surface area contributed by atoms with Gasteiger partial charge in [-0.2, -0.15) is 0 Å². The Bertz CT molecular complexity index is 470. The van der Waals surface area contributed by atoms with Crippen LogP contribution in [0.4, 0.5) is 4.79 Å². The SMILES string of the molecule is O=C1NC(=O)C(=Cc2ccccc2I)S1. The van der Waals surface area contributed by atoms with Gasteiger partial charge in [-0.3, -0.25) is 14.9 Å². The lowest BCUT2D eigenvalue weighted by Gasteiger charge is -1.97. The second kappa shape index (κ2) is 4.36. The van der Waals surface area contributed by atoms with Gasteiger partial charge in [0, 0.05) is 3.57 Å². The van der Waals surface area contributed by atoms with Crippen LogP contribution in [0.2, 0.25) is 0 Å². The Morgan fingerprint density at radius 2 is 2.00 bits per heavy atom. The van der Waals surface area contributed by atoms with Crippen molar-refractivity contribution in [2.45, 2.75) is 0 Å². The molecule has 1 aliphatic heterocycles. The van der Waals surface area contributed by atoms with Crippen molar-refractivity contribution < 1.29 is 9.59 Å². The van der Waals surface area contributed by atoms with Crippen LogP contribution in [0.5, 0.6) is 0 Å². The monoisotopic (exact) mass is 331 g/mol. The quantitative estimate of drug-likeness (QED) is 0.636. The Balaban J connectivity index is 2.35. The van der Waals surface area contributed by atoms with E-state index in [1.807, 2.05) is 24.3 Å². The molecule has 1 aromatic carbocycles. The minimum Gasteiger partial charge on any atom is -0.282 e. The number of hydrogen-bond donors (Lipinski definition) is 1. The summed E-state index contributed by atoms with van der Waals surface area (Å²) in [7, 11) is 0. The van der Waals surface area contributed by atoms with Gasteiger partial charge in [-0.25, -0.2) is 0 Å². The third-order valence-corrected chi connectivity index (χ3v) is 3.63. The summed E-state index contributed by atoms with van der Waals surface area (Å²) in [6.07, 6.45) is 1.73. The molecule has 0 saturated carbocycles. The van der Waals surface area contributed by atoms with E-state index in [0.29, 0.717) is 4.91 Å². The number of imide groups is 1. The van der Waals surface area contributed by atoms with Crippen LogP contribution in [0.1, 0.15) is 5.56 Å². The highest BCUT2D eigenvalue weighted by molar-refractivity contribution is 14.1. The van der Waals surface area contributed by atoms with Crippen LogP contribution in [0.15, 0.2) is 29.2 Å². The lowest BCUT2D eigenvalue weighted by molar-refractivity contribution is -0.115. The predicted molar refractivity (Wildman–Crippen MR) is 68.3 cm³/mol. The minimum atomic E-state index is -0.315. The van der Waals surface area contributed by atoms with E-state index in [1.165, 1.54) is 0 Å².